The van der Waals surface area contributed by atoms with Crippen molar-refractivity contribution in [1.29, 1.82) is 0 Å². The number of rotatable bonds is 2. The molecule has 0 aliphatic carbocycles. The Morgan fingerprint density at radius 1 is 1.27 bits per heavy atom. The van der Waals surface area contributed by atoms with Crippen molar-refractivity contribution in [3.63, 3.8) is 0 Å². The summed E-state index contributed by atoms with van der Waals surface area (Å²) in [4.78, 5) is 4.20. The van der Waals surface area contributed by atoms with E-state index in [1.807, 2.05) is 10.8 Å². The molecule has 78 valence electrons. The van der Waals surface area contributed by atoms with Crippen LogP contribution >= 0.6 is 0 Å². The third-order valence-corrected chi connectivity index (χ3v) is 2.67. The van der Waals surface area contributed by atoms with E-state index in [0.717, 1.165) is 11.5 Å². The number of aromatic nitrogens is 2. The van der Waals surface area contributed by atoms with Gasteiger partial charge < -0.3 is 10.3 Å². The maximum Gasteiger partial charge on any atom is 0.126 e. The van der Waals surface area contributed by atoms with Gasteiger partial charge in [-0.2, -0.15) is 0 Å². The molecule has 0 atom stereocenters. The summed E-state index contributed by atoms with van der Waals surface area (Å²) in [5.74, 6) is 0.887. The molecule has 2 N–H and O–H groups in total. The summed E-state index contributed by atoms with van der Waals surface area (Å²) >= 11 is 0. The van der Waals surface area contributed by atoms with Gasteiger partial charge in [-0.3, -0.25) is 0 Å². The lowest BCUT2D eigenvalue weighted by molar-refractivity contribution is 0.866. The van der Waals surface area contributed by atoms with Crippen LogP contribution < -0.4 is 5.73 Å². The molecule has 2 rings (SSSR count). The molecule has 15 heavy (non-hydrogen) atoms. The molecule has 1 aromatic heterocycles. The molecule has 3 nitrogen and oxygen atoms in total. The van der Waals surface area contributed by atoms with E-state index in [4.69, 9.17) is 5.73 Å². The molecule has 0 radical (unpaired) electrons. The van der Waals surface area contributed by atoms with Gasteiger partial charge in [0.05, 0.1) is 6.54 Å². The average molecular weight is 201 g/mol. The second kappa shape index (κ2) is 3.87. The van der Waals surface area contributed by atoms with Crippen LogP contribution in [0.4, 0.5) is 0 Å². The van der Waals surface area contributed by atoms with Gasteiger partial charge in [0.2, 0.25) is 0 Å². The van der Waals surface area contributed by atoms with E-state index in [-0.39, 0.29) is 0 Å². The van der Waals surface area contributed by atoms with Crippen molar-refractivity contribution < 1.29 is 0 Å². The van der Waals surface area contributed by atoms with Gasteiger partial charge in [0, 0.05) is 18.1 Å². The van der Waals surface area contributed by atoms with Gasteiger partial charge in [-0.1, -0.05) is 6.07 Å². The largest absolute Gasteiger partial charge is 0.324 e. The number of aryl methyl sites for hydroxylation is 2. The highest BCUT2D eigenvalue weighted by Crippen LogP contribution is 2.15. The van der Waals surface area contributed by atoms with Crippen molar-refractivity contribution in [2.24, 2.45) is 5.73 Å². The van der Waals surface area contributed by atoms with Crippen LogP contribution in [-0.2, 0) is 6.54 Å². The zero-order valence-corrected chi connectivity index (χ0v) is 9.07. The minimum atomic E-state index is 0.458. The van der Waals surface area contributed by atoms with Crippen molar-refractivity contribution in [1.82, 2.24) is 9.55 Å². The van der Waals surface area contributed by atoms with Gasteiger partial charge in [0.15, 0.2) is 0 Å². The molecule has 0 amide bonds. The predicted molar refractivity (Wildman–Crippen MR) is 60.9 cm³/mol. The molecule has 3 heteroatoms. The van der Waals surface area contributed by atoms with Crippen molar-refractivity contribution in [2.75, 3.05) is 0 Å². The third kappa shape index (κ3) is 1.78. The van der Waals surface area contributed by atoms with Crippen molar-refractivity contribution in [3.05, 3.63) is 47.5 Å². The molecule has 0 bridgehead atoms. The maximum atomic E-state index is 5.62. The maximum absolute atomic E-state index is 5.62. The summed E-state index contributed by atoms with van der Waals surface area (Å²) < 4.78 is 2.02. The fraction of sp³-hybridized carbons (Fsp3) is 0.250. The Kier molecular flexibility index (Phi) is 2.56. The van der Waals surface area contributed by atoms with Crippen molar-refractivity contribution in [2.45, 2.75) is 20.4 Å². The third-order valence-electron chi connectivity index (χ3n) is 2.67. The Labute approximate surface area is 89.6 Å². The molecular weight excluding hydrogens is 186 g/mol. The van der Waals surface area contributed by atoms with Gasteiger partial charge in [-0.15, -0.1) is 0 Å². The van der Waals surface area contributed by atoms with Crippen LogP contribution in [-0.4, -0.2) is 9.55 Å². The number of hydrogen-bond acceptors (Lipinski definition) is 2. The summed E-state index contributed by atoms with van der Waals surface area (Å²) in [7, 11) is 0. The molecule has 0 fully saturated rings. The molecule has 0 spiro atoms. The summed E-state index contributed by atoms with van der Waals surface area (Å²) in [6.07, 6.45) is 3.71. The van der Waals surface area contributed by atoms with Gasteiger partial charge in [0.25, 0.3) is 0 Å². The summed E-state index contributed by atoms with van der Waals surface area (Å²) in [5.41, 5.74) is 9.32. The first-order valence-corrected chi connectivity index (χ1v) is 5.02. The number of nitrogens with two attached hydrogens (primary N) is 1. The number of imidazole rings is 1. The van der Waals surface area contributed by atoms with Crippen LogP contribution in [0.5, 0.6) is 0 Å². The smallest absolute Gasteiger partial charge is 0.126 e. The van der Waals surface area contributed by atoms with E-state index in [0.29, 0.717) is 6.54 Å². The Balaban J connectivity index is 2.50. The highest BCUT2D eigenvalue weighted by atomic mass is 15.1. The lowest BCUT2D eigenvalue weighted by Gasteiger charge is -2.08. The Bertz CT molecular complexity index is 471. The van der Waals surface area contributed by atoms with Gasteiger partial charge in [-0.05, 0) is 37.1 Å². The predicted octanol–water partition coefficient (Wildman–Crippen LogP) is 1.95. The standard InChI is InChI=1S/C12H15N3/c1-9-3-4-11(7-10(9)2)15-6-5-14-12(15)8-13/h3-7H,8,13H2,1-2H3. The molecule has 2 aromatic rings. The van der Waals surface area contributed by atoms with Crippen LogP contribution in [0.25, 0.3) is 5.69 Å². The number of benzene rings is 1. The fourth-order valence-electron chi connectivity index (χ4n) is 1.60. The van der Waals surface area contributed by atoms with Crippen molar-refractivity contribution in [3.8, 4) is 5.69 Å². The Hall–Kier alpha value is -1.61. The normalized spacial score (nSPS) is 10.6. The van der Waals surface area contributed by atoms with E-state index >= 15 is 0 Å². The summed E-state index contributed by atoms with van der Waals surface area (Å²) in [6.45, 7) is 4.68. The van der Waals surface area contributed by atoms with Crippen LogP contribution in [0.1, 0.15) is 17.0 Å². The average Bonchev–Trinajstić information content (AvgIpc) is 2.70. The highest BCUT2D eigenvalue weighted by molar-refractivity contribution is 5.40. The second-order valence-corrected chi connectivity index (χ2v) is 3.69. The van der Waals surface area contributed by atoms with Crippen LogP contribution in [0.15, 0.2) is 30.6 Å². The van der Waals surface area contributed by atoms with E-state index < -0.39 is 0 Å². The molecule has 1 heterocycles. The zero-order valence-electron chi connectivity index (χ0n) is 9.07. The van der Waals surface area contributed by atoms with Crippen LogP contribution in [0, 0.1) is 13.8 Å². The van der Waals surface area contributed by atoms with Crippen LogP contribution in [0.3, 0.4) is 0 Å². The van der Waals surface area contributed by atoms with Gasteiger partial charge in [0.1, 0.15) is 5.82 Å². The topological polar surface area (TPSA) is 43.8 Å². The zero-order chi connectivity index (χ0) is 10.8. The number of hydrogen-bond donors (Lipinski definition) is 1. The monoisotopic (exact) mass is 201 g/mol. The Morgan fingerprint density at radius 3 is 2.73 bits per heavy atom. The minimum Gasteiger partial charge on any atom is -0.324 e. The second-order valence-electron chi connectivity index (χ2n) is 3.69. The first-order chi connectivity index (χ1) is 7.22. The lowest BCUT2D eigenvalue weighted by atomic mass is 10.1. The lowest BCUT2D eigenvalue weighted by Crippen LogP contribution is -2.06. The molecule has 0 saturated carbocycles. The Morgan fingerprint density at radius 2 is 2.07 bits per heavy atom. The number of nitrogens with zero attached hydrogens (tertiary/aromatic N) is 2. The first-order valence-electron chi connectivity index (χ1n) is 5.02. The molecule has 1 aromatic carbocycles. The first kappa shape index (κ1) is 9.93. The van der Waals surface area contributed by atoms with E-state index in [1.165, 1.54) is 11.1 Å². The molecule has 0 aliphatic rings. The van der Waals surface area contributed by atoms with E-state index in [1.54, 1.807) is 6.20 Å². The quantitative estimate of drug-likeness (QED) is 0.807. The highest BCUT2D eigenvalue weighted by Gasteiger charge is 2.03. The summed E-state index contributed by atoms with van der Waals surface area (Å²) in [5, 5.41) is 0. The molecule has 0 aliphatic heterocycles. The minimum absolute atomic E-state index is 0.458. The van der Waals surface area contributed by atoms with E-state index in [2.05, 4.69) is 37.0 Å². The summed E-state index contributed by atoms with van der Waals surface area (Å²) in [6, 6.07) is 6.35. The van der Waals surface area contributed by atoms with Crippen LogP contribution in [0.2, 0.25) is 0 Å². The molecule has 0 unspecified atom stereocenters. The van der Waals surface area contributed by atoms with Gasteiger partial charge >= 0.3 is 0 Å². The fourth-order valence-corrected chi connectivity index (χ4v) is 1.60. The van der Waals surface area contributed by atoms with Gasteiger partial charge in [-0.25, -0.2) is 4.98 Å². The molecular formula is C12H15N3. The molecule has 0 saturated heterocycles. The van der Waals surface area contributed by atoms with Crippen molar-refractivity contribution >= 4 is 0 Å². The van der Waals surface area contributed by atoms with E-state index in [9.17, 15) is 0 Å². The SMILES string of the molecule is Cc1ccc(-n2ccnc2CN)cc1C.